The Kier molecular flexibility index (Phi) is 7.17. The van der Waals surface area contributed by atoms with Crippen molar-refractivity contribution in [3.63, 3.8) is 0 Å². The molecular weight excluding hydrogens is 456 g/mol. The summed E-state index contributed by atoms with van der Waals surface area (Å²) in [6, 6.07) is 7.42. The first-order valence-electron chi connectivity index (χ1n) is 11.4. The Morgan fingerprint density at radius 2 is 1.89 bits per heavy atom. The van der Waals surface area contributed by atoms with Gasteiger partial charge in [-0.05, 0) is 19.4 Å². The number of methoxy groups -OCH3 is 1. The quantitative estimate of drug-likeness (QED) is 0.603. The second-order valence-corrected chi connectivity index (χ2v) is 8.26. The number of ether oxygens (including phenoxy) is 2. The predicted molar refractivity (Wildman–Crippen MR) is 125 cm³/mol. The lowest BCUT2D eigenvalue weighted by Gasteiger charge is -2.42. The summed E-state index contributed by atoms with van der Waals surface area (Å²) in [7, 11) is 1.60. The SMILES string of the molecule is CCC(N1CCNCC1c1ccccc1OC)n1c(=O)c2c(C)n(c1=O)OC(=O)/C=C/C(=O)OC2. The number of fused-ring (bicyclic) bond motifs is 2. The highest BCUT2D eigenvalue weighted by Crippen LogP contribution is 2.34. The van der Waals surface area contributed by atoms with E-state index >= 15 is 0 Å². The van der Waals surface area contributed by atoms with Crippen LogP contribution in [0.4, 0.5) is 0 Å². The van der Waals surface area contributed by atoms with E-state index in [2.05, 4.69) is 10.2 Å². The molecular formula is C24H28N4O7. The second kappa shape index (κ2) is 10.3. The largest absolute Gasteiger partial charge is 0.496 e. The average molecular weight is 485 g/mol. The van der Waals surface area contributed by atoms with Gasteiger partial charge in [-0.1, -0.05) is 25.1 Å². The Morgan fingerprint density at radius 3 is 2.63 bits per heavy atom. The number of hydrogen-bond acceptors (Lipinski definition) is 9. The zero-order valence-electron chi connectivity index (χ0n) is 19.9. The molecule has 0 amide bonds. The van der Waals surface area contributed by atoms with E-state index in [0.29, 0.717) is 31.8 Å². The van der Waals surface area contributed by atoms with E-state index in [-0.39, 0.29) is 23.9 Å². The van der Waals surface area contributed by atoms with Crippen molar-refractivity contribution in [1.82, 2.24) is 19.5 Å². The molecule has 4 rings (SSSR count). The van der Waals surface area contributed by atoms with Gasteiger partial charge in [0.25, 0.3) is 5.56 Å². The van der Waals surface area contributed by atoms with Crippen LogP contribution in [-0.2, 0) is 20.9 Å². The van der Waals surface area contributed by atoms with Crippen molar-refractivity contribution in [2.75, 3.05) is 26.7 Å². The van der Waals surface area contributed by atoms with Gasteiger partial charge in [0.15, 0.2) is 0 Å². The molecule has 0 saturated carbocycles. The number of cyclic esters (lactones) is 1. The molecule has 2 bridgehead atoms. The highest BCUT2D eigenvalue weighted by atomic mass is 16.7. The van der Waals surface area contributed by atoms with Crippen LogP contribution in [0.2, 0.25) is 0 Å². The molecule has 0 aliphatic carbocycles. The van der Waals surface area contributed by atoms with Gasteiger partial charge in [0.1, 0.15) is 12.4 Å². The van der Waals surface area contributed by atoms with Gasteiger partial charge in [0.2, 0.25) is 0 Å². The number of esters is 1. The van der Waals surface area contributed by atoms with Crippen molar-refractivity contribution in [3.05, 3.63) is 74.1 Å². The highest BCUT2D eigenvalue weighted by Gasteiger charge is 2.34. The third-order valence-electron chi connectivity index (χ3n) is 6.32. The number of aromatic nitrogens is 2. The number of carbonyl (C=O) groups excluding carboxylic acids is 2. The summed E-state index contributed by atoms with van der Waals surface area (Å²) >= 11 is 0. The van der Waals surface area contributed by atoms with Crippen LogP contribution in [-0.4, -0.2) is 52.9 Å². The lowest BCUT2D eigenvalue weighted by molar-refractivity contribution is -0.143. The van der Waals surface area contributed by atoms with E-state index < -0.39 is 29.4 Å². The minimum atomic E-state index is -0.938. The molecule has 1 N–H and O–H groups in total. The van der Waals surface area contributed by atoms with Gasteiger partial charge in [0, 0.05) is 37.3 Å². The fourth-order valence-corrected chi connectivity index (χ4v) is 4.61. The van der Waals surface area contributed by atoms with Crippen molar-refractivity contribution >= 4 is 11.9 Å². The van der Waals surface area contributed by atoms with Gasteiger partial charge in [0.05, 0.1) is 30.6 Å². The summed E-state index contributed by atoms with van der Waals surface area (Å²) in [6.45, 7) is 4.77. The molecule has 11 heteroatoms. The van der Waals surface area contributed by atoms with Crippen LogP contribution in [0.15, 0.2) is 46.0 Å². The van der Waals surface area contributed by atoms with Crippen molar-refractivity contribution in [1.29, 1.82) is 0 Å². The molecule has 186 valence electrons. The number of benzene rings is 1. The van der Waals surface area contributed by atoms with Crippen LogP contribution >= 0.6 is 0 Å². The number of para-hydroxylation sites is 1. The molecule has 0 radical (unpaired) electrons. The average Bonchev–Trinajstić information content (AvgIpc) is 2.87. The monoisotopic (exact) mass is 484 g/mol. The normalized spacial score (nSPS) is 20.5. The van der Waals surface area contributed by atoms with E-state index in [4.69, 9.17) is 14.3 Å². The summed E-state index contributed by atoms with van der Waals surface area (Å²) in [5, 5.41) is 3.37. The zero-order valence-corrected chi connectivity index (χ0v) is 19.9. The maximum atomic E-state index is 13.6. The van der Waals surface area contributed by atoms with E-state index in [9.17, 15) is 19.2 Å². The molecule has 2 atom stereocenters. The lowest BCUT2D eigenvalue weighted by atomic mass is 10.0. The van der Waals surface area contributed by atoms with E-state index in [0.717, 1.165) is 27.0 Å². The molecule has 1 aromatic heterocycles. The minimum Gasteiger partial charge on any atom is -0.496 e. The molecule has 2 aromatic rings. The van der Waals surface area contributed by atoms with Crippen LogP contribution in [0, 0.1) is 6.92 Å². The Labute approximate surface area is 201 Å². The molecule has 2 aliphatic rings. The van der Waals surface area contributed by atoms with Gasteiger partial charge in [-0.15, -0.1) is 4.73 Å². The number of nitrogens with zero attached hydrogens (tertiary/aromatic N) is 3. The molecule has 1 aromatic carbocycles. The van der Waals surface area contributed by atoms with Gasteiger partial charge < -0.3 is 19.6 Å². The van der Waals surface area contributed by atoms with E-state index in [1.54, 1.807) is 7.11 Å². The topological polar surface area (TPSA) is 121 Å². The van der Waals surface area contributed by atoms with Crippen LogP contribution < -0.4 is 26.1 Å². The fraction of sp³-hybridized carbons (Fsp3) is 0.417. The highest BCUT2D eigenvalue weighted by molar-refractivity contribution is 5.91. The Hall–Kier alpha value is -3.70. The third-order valence-corrected chi connectivity index (χ3v) is 6.32. The number of rotatable bonds is 5. The standard InChI is InChI=1S/C24H28N4O7/c1-4-20(26-12-11-25-13-18(26)16-7-5-6-8-19(16)33-3)27-23(31)17-14-34-21(29)9-10-22(30)35-28(15(17)2)24(27)32/h5-10,18,20,25H,4,11-14H2,1-3H3/b10-9+. The lowest BCUT2D eigenvalue weighted by Crippen LogP contribution is -2.55. The Balaban J connectivity index is 1.87. The fourth-order valence-electron chi connectivity index (χ4n) is 4.61. The van der Waals surface area contributed by atoms with E-state index in [1.807, 2.05) is 31.2 Å². The molecule has 1 saturated heterocycles. The number of carbonyl (C=O) groups is 2. The van der Waals surface area contributed by atoms with Gasteiger partial charge in [-0.25, -0.2) is 19.0 Å². The first kappa shape index (κ1) is 24.4. The molecule has 0 spiro atoms. The van der Waals surface area contributed by atoms with Crippen LogP contribution in [0.5, 0.6) is 5.75 Å². The first-order valence-corrected chi connectivity index (χ1v) is 11.4. The summed E-state index contributed by atoms with van der Waals surface area (Å²) in [4.78, 5) is 58.6. The van der Waals surface area contributed by atoms with Crippen LogP contribution in [0.25, 0.3) is 0 Å². The van der Waals surface area contributed by atoms with Crippen molar-refractivity contribution < 1.29 is 23.9 Å². The molecule has 2 aliphatic heterocycles. The molecule has 11 nitrogen and oxygen atoms in total. The summed E-state index contributed by atoms with van der Waals surface area (Å²) in [5.74, 6) is -1.03. The number of hydrogen-bond donors (Lipinski definition) is 1. The molecule has 1 fully saturated rings. The third kappa shape index (κ3) is 4.64. The van der Waals surface area contributed by atoms with Crippen molar-refractivity contribution in [2.45, 2.75) is 39.1 Å². The molecule has 2 unspecified atom stereocenters. The van der Waals surface area contributed by atoms with Gasteiger partial charge in [-0.3, -0.25) is 9.69 Å². The first-order chi connectivity index (χ1) is 16.9. The molecule has 35 heavy (non-hydrogen) atoms. The van der Waals surface area contributed by atoms with Crippen LogP contribution in [0.3, 0.4) is 0 Å². The predicted octanol–water partition coefficient (Wildman–Crippen LogP) is 0.450. The minimum absolute atomic E-state index is 0.0588. The Bertz CT molecular complexity index is 1280. The summed E-state index contributed by atoms with van der Waals surface area (Å²) < 4.78 is 12.6. The Morgan fingerprint density at radius 1 is 1.14 bits per heavy atom. The maximum absolute atomic E-state index is 13.6. The van der Waals surface area contributed by atoms with Gasteiger partial charge >= 0.3 is 17.6 Å². The van der Waals surface area contributed by atoms with Crippen LogP contribution in [0.1, 0.15) is 42.4 Å². The zero-order chi connectivity index (χ0) is 25.1. The number of nitrogens with one attached hydrogen (secondary N) is 1. The molecule has 3 heterocycles. The van der Waals surface area contributed by atoms with Crippen molar-refractivity contribution in [3.8, 4) is 5.75 Å². The summed E-state index contributed by atoms with van der Waals surface area (Å²) in [6.07, 6.45) is 1.52. The maximum Gasteiger partial charge on any atom is 0.366 e. The smallest absolute Gasteiger partial charge is 0.366 e. The van der Waals surface area contributed by atoms with Gasteiger partial charge in [-0.2, -0.15) is 0 Å². The summed E-state index contributed by atoms with van der Waals surface area (Å²) in [5.41, 5.74) is -0.302. The van der Waals surface area contributed by atoms with E-state index in [1.165, 1.54) is 6.92 Å². The number of piperazine rings is 1. The second-order valence-electron chi connectivity index (χ2n) is 8.26. The van der Waals surface area contributed by atoms with Crippen molar-refractivity contribution in [2.24, 2.45) is 0 Å².